The molecular weight excluding hydrogens is 286 g/mol. The molecular formula is C15H25N3O2S. The normalized spacial score (nSPS) is 17.0. The maximum atomic E-state index is 12.4. The van der Waals surface area contributed by atoms with Crippen LogP contribution in [0.2, 0.25) is 0 Å². The van der Waals surface area contributed by atoms with Gasteiger partial charge in [0.05, 0.1) is 5.69 Å². The molecule has 0 radical (unpaired) electrons. The molecule has 1 aromatic rings. The quantitative estimate of drug-likeness (QED) is 0.685. The van der Waals surface area contributed by atoms with Gasteiger partial charge in [-0.1, -0.05) is 26.0 Å². The second-order valence-electron chi connectivity index (χ2n) is 5.96. The summed E-state index contributed by atoms with van der Waals surface area (Å²) in [4.78, 5) is 0.319. The molecule has 1 fully saturated rings. The molecule has 1 aromatic carbocycles. The maximum Gasteiger partial charge on any atom is 0.242 e. The summed E-state index contributed by atoms with van der Waals surface area (Å²) in [5.41, 5.74) is 6.30. The van der Waals surface area contributed by atoms with E-state index in [9.17, 15) is 8.42 Å². The second-order valence-corrected chi connectivity index (χ2v) is 7.65. The number of benzene rings is 1. The molecule has 118 valence electrons. The average molecular weight is 311 g/mol. The third kappa shape index (κ3) is 4.43. The lowest BCUT2D eigenvalue weighted by molar-refractivity contribution is 0.497. The Morgan fingerprint density at radius 3 is 2.52 bits per heavy atom. The van der Waals surface area contributed by atoms with Crippen molar-refractivity contribution in [3.05, 3.63) is 24.3 Å². The number of para-hydroxylation sites is 1. The van der Waals surface area contributed by atoms with Gasteiger partial charge in [-0.15, -0.1) is 0 Å². The van der Waals surface area contributed by atoms with Crippen LogP contribution in [0.25, 0.3) is 0 Å². The van der Waals surface area contributed by atoms with Crippen molar-refractivity contribution in [3.8, 4) is 0 Å². The lowest BCUT2D eigenvalue weighted by atomic mass is 10.0. The molecule has 1 unspecified atom stereocenters. The van der Waals surface area contributed by atoms with Gasteiger partial charge in [0.25, 0.3) is 0 Å². The first-order valence-electron chi connectivity index (χ1n) is 7.52. The zero-order valence-corrected chi connectivity index (χ0v) is 13.5. The van der Waals surface area contributed by atoms with Crippen molar-refractivity contribution >= 4 is 15.7 Å². The Morgan fingerprint density at radius 2 is 1.95 bits per heavy atom. The Labute approximate surface area is 127 Å². The van der Waals surface area contributed by atoms with Gasteiger partial charge in [0.2, 0.25) is 10.0 Å². The summed E-state index contributed by atoms with van der Waals surface area (Å²) >= 11 is 0. The summed E-state index contributed by atoms with van der Waals surface area (Å²) < 4.78 is 27.6. The van der Waals surface area contributed by atoms with E-state index in [-0.39, 0.29) is 12.1 Å². The molecule has 1 aliphatic rings. The largest absolute Gasteiger partial charge is 0.381 e. The molecule has 5 nitrogen and oxygen atoms in total. The molecule has 1 atom stereocenters. The summed E-state index contributed by atoms with van der Waals surface area (Å²) in [6.45, 7) is 4.78. The Morgan fingerprint density at radius 1 is 1.29 bits per heavy atom. The third-order valence-electron chi connectivity index (χ3n) is 3.70. The van der Waals surface area contributed by atoms with Gasteiger partial charge in [-0.05, 0) is 43.9 Å². The van der Waals surface area contributed by atoms with E-state index in [0.717, 1.165) is 19.3 Å². The van der Waals surface area contributed by atoms with Crippen LogP contribution in [0.1, 0.15) is 33.1 Å². The van der Waals surface area contributed by atoms with Crippen LogP contribution in [0.4, 0.5) is 5.69 Å². The first-order chi connectivity index (χ1) is 9.94. The predicted octanol–water partition coefficient (Wildman–Crippen LogP) is 1.91. The Bertz CT molecular complexity index is 568. The van der Waals surface area contributed by atoms with Crippen molar-refractivity contribution in [2.45, 2.75) is 50.1 Å². The van der Waals surface area contributed by atoms with Crippen LogP contribution in [0.5, 0.6) is 0 Å². The van der Waals surface area contributed by atoms with E-state index in [2.05, 4.69) is 23.9 Å². The first kappa shape index (κ1) is 16.3. The van der Waals surface area contributed by atoms with Gasteiger partial charge in [0.15, 0.2) is 0 Å². The molecule has 0 aliphatic heterocycles. The van der Waals surface area contributed by atoms with Gasteiger partial charge in [-0.25, -0.2) is 13.1 Å². The summed E-state index contributed by atoms with van der Waals surface area (Å²) in [6.07, 6.45) is 2.66. The lowest BCUT2D eigenvalue weighted by Gasteiger charge is -2.24. The second kappa shape index (κ2) is 6.77. The number of hydrogen-bond donors (Lipinski definition) is 3. The molecule has 2 rings (SSSR count). The number of nitrogens with two attached hydrogens (primary N) is 1. The fourth-order valence-corrected chi connectivity index (χ4v) is 3.73. The number of rotatable bonds is 8. The van der Waals surface area contributed by atoms with Gasteiger partial charge < -0.3 is 11.1 Å². The summed E-state index contributed by atoms with van der Waals surface area (Å²) in [7, 11) is -3.46. The molecule has 6 heteroatoms. The highest BCUT2D eigenvalue weighted by Crippen LogP contribution is 2.27. The highest BCUT2D eigenvalue weighted by molar-refractivity contribution is 7.89. The molecule has 0 amide bonds. The third-order valence-corrected chi connectivity index (χ3v) is 5.28. The molecule has 1 aliphatic carbocycles. The van der Waals surface area contributed by atoms with Gasteiger partial charge in [-0.3, -0.25) is 0 Å². The standard InChI is InChI=1S/C15H25N3O2S/c1-11(2)13(9-10-16)17-14-5-3-4-6-15(14)21(19,20)18-12-7-8-12/h3-6,11-13,17-18H,7-10,16H2,1-2H3. The molecule has 0 heterocycles. The molecule has 21 heavy (non-hydrogen) atoms. The molecule has 0 saturated heterocycles. The monoisotopic (exact) mass is 311 g/mol. The summed E-state index contributed by atoms with van der Waals surface area (Å²) in [5.74, 6) is 0.376. The Hall–Kier alpha value is -1.11. The van der Waals surface area contributed by atoms with Crippen LogP contribution in [0.3, 0.4) is 0 Å². The predicted molar refractivity (Wildman–Crippen MR) is 85.7 cm³/mol. The van der Waals surface area contributed by atoms with Gasteiger partial charge >= 0.3 is 0 Å². The molecule has 4 N–H and O–H groups in total. The smallest absolute Gasteiger partial charge is 0.242 e. The fraction of sp³-hybridized carbons (Fsp3) is 0.600. The van der Waals surface area contributed by atoms with Crippen LogP contribution in [0.15, 0.2) is 29.2 Å². The summed E-state index contributed by atoms with van der Waals surface area (Å²) in [5, 5.41) is 3.35. The van der Waals surface area contributed by atoms with E-state index in [1.165, 1.54) is 0 Å². The van der Waals surface area contributed by atoms with Crippen LogP contribution >= 0.6 is 0 Å². The van der Waals surface area contributed by atoms with E-state index in [1.807, 2.05) is 12.1 Å². The molecule has 0 aromatic heterocycles. The van der Waals surface area contributed by atoms with E-state index in [0.29, 0.717) is 23.0 Å². The number of anilines is 1. The van der Waals surface area contributed by atoms with Crippen molar-refractivity contribution in [2.75, 3.05) is 11.9 Å². The van der Waals surface area contributed by atoms with Gasteiger partial charge in [0.1, 0.15) is 4.90 Å². The molecule has 0 spiro atoms. The maximum absolute atomic E-state index is 12.4. The van der Waals surface area contributed by atoms with Crippen molar-refractivity contribution < 1.29 is 8.42 Å². The van der Waals surface area contributed by atoms with Crippen molar-refractivity contribution in [2.24, 2.45) is 11.7 Å². The first-order valence-corrected chi connectivity index (χ1v) is 9.00. The van der Waals surface area contributed by atoms with Crippen LogP contribution < -0.4 is 15.8 Å². The van der Waals surface area contributed by atoms with E-state index in [4.69, 9.17) is 5.73 Å². The van der Waals surface area contributed by atoms with E-state index < -0.39 is 10.0 Å². The van der Waals surface area contributed by atoms with Crippen molar-refractivity contribution in [1.82, 2.24) is 4.72 Å². The molecule has 1 saturated carbocycles. The molecule has 0 bridgehead atoms. The SMILES string of the molecule is CC(C)C(CCN)Nc1ccccc1S(=O)(=O)NC1CC1. The van der Waals surface area contributed by atoms with Crippen LogP contribution in [-0.2, 0) is 10.0 Å². The van der Waals surface area contributed by atoms with Crippen molar-refractivity contribution in [3.63, 3.8) is 0 Å². The summed E-state index contributed by atoms with van der Waals surface area (Å²) in [6, 6.07) is 7.32. The zero-order valence-electron chi connectivity index (χ0n) is 12.7. The zero-order chi connectivity index (χ0) is 15.5. The van der Waals surface area contributed by atoms with Gasteiger partial charge in [0, 0.05) is 12.1 Å². The van der Waals surface area contributed by atoms with Crippen LogP contribution in [-0.4, -0.2) is 27.0 Å². The lowest BCUT2D eigenvalue weighted by Crippen LogP contribution is -2.31. The van der Waals surface area contributed by atoms with Crippen LogP contribution in [0, 0.1) is 5.92 Å². The minimum absolute atomic E-state index is 0.105. The Balaban J connectivity index is 2.23. The number of nitrogens with one attached hydrogen (secondary N) is 2. The number of hydrogen-bond acceptors (Lipinski definition) is 4. The van der Waals surface area contributed by atoms with Crippen molar-refractivity contribution in [1.29, 1.82) is 0 Å². The minimum atomic E-state index is -3.46. The number of sulfonamides is 1. The Kier molecular flexibility index (Phi) is 5.24. The topological polar surface area (TPSA) is 84.2 Å². The van der Waals surface area contributed by atoms with Gasteiger partial charge in [-0.2, -0.15) is 0 Å². The highest BCUT2D eigenvalue weighted by Gasteiger charge is 2.29. The highest BCUT2D eigenvalue weighted by atomic mass is 32.2. The van der Waals surface area contributed by atoms with E-state index in [1.54, 1.807) is 12.1 Å². The minimum Gasteiger partial charge on any atom is -0.381 e. The average Bonchev–Trinajstić information content (AvgIpc) is 3.22. The fourth-order valence-electron chi connectivity index (χ4n) is 2.26. The van der Waals surface area contributed by atoms with E-state index >= 15 is 0 Å².